The van der Waals surface area contributed by atoms with Crippen molar-refractivity contribution in [3.63, 3.8) is 0 Å². The van der Waals surface area contributed by atoms with Gasteiger partial charge in [-0.05, 0) is 52.8 Å². The summed E-state index contributed by atoms with van der Waals surface area (Å²) in [6.07, 6.45) is 0. The van der Waals surface area contributed by atoms with Crippen LogP contribution < -0.4 is 4.72 Å². The molecule has 10 heteroatoms. The SMILES string of the molecule is CC(C)(C)c1ccc(S(=O)(=O)Nc2ccc(Cl)c3cc(-c4ccsc4C(=O)O)nn23)cc1. The Labute approximate surface area is 194 Å². The average molecular weight is 490 g/mol. The molecule has 2 N–H and O–H groups in total. The van der Waals surface area contributed by atoms with Gasteiger partial charge in [0.1, 0.15) is 10.7 Å². The maximum atomic E-state index is 13.0. The van der Waals surface area contributed by atoms with Crippen molar-refractivity contribution < 1.29 is 18.3 Å². The van der Waals surface area contributed by atoms with E-state index in [1.165, 1.54) is 10.6 Å². The van der Waals surface area contributed by atoms with Crippen molar-refractivity contribution in [1.29, 1.82) is 0 Å². The Morgan fingerprint density at radius 3 is 2.44 bits per heavy atom. The minimum atomic E-state index is -3.89. The summed E-state index contributed by atoms with van der Waals surface area (Å²) in [4.78, 5) is 11.8. The number of carboxylic acid groups (broad SMARTS) is 1. The van der Waals surface area contributed by atoms with Gasteiger partial charge in [0.15, 0.2) is 0 Å². The van der Waals surface area contributed by atoms with Gasteiger partial charge in [0.05, 0.1) is 21.1 Å². The number of anilines is 1. The molecule has 0 atom stereocenters. The standard InChI is InChI=1S/C22H20ClN3O4S2/c1-22(2,3)13-4-6-14(7-5-13)32(29,30)25-19-9-8-16(23)18-12-17(24-26(18)19)15-10-11-31-20(15)21(27)28/h4-12,25H,1-3H3,(H,27,28). The van der Waals surface area contributed by atoms with E-state index in [2.05, 4.69) is 30.6 Å². The van der Waals surface area contributed by atoms with Crippen LogP contribution in [0.5, 0.6) is 0 Å². The second kappa shape index (κ2) is 7.91. The zero-order valence-corrected chi connectivity index (χ0v) is 19.8. The van der Waals surface area contributed by atoms with Gasteiger partial charge in [-0.1, -0.05) is 44.5 Å². The maximum Gasteiger partial charge on any atom is 0.346 e. The molecule has 32 heavy (non-hydrogen) atoms. The van der Waals surface area contributed by atoms with Crippen LogP contribution in [0.25, 0.3) is 16.8 Å². The van der Waals surface area contributed by atoms with E-state index in [1.54, 1.807) is 47.8 Å². The molecule has 0 aliphatic carbocycles. The van der Waals surface area contributed by atoms with Gasteiger partial charge < -0.3 is 5.11 Å². The fraction of sp³-hybridized carbons (Fsp3) is 0.182. The molecular weight excluding hydrogens is 470 g/mol. The van der Waals surface area contributed by atoms with Crippen LogP contribution in [0.15, 0.2) is 58.8 Å². The van der Waals surface area contributed by atoms with Crippen LogP contribution >= 0.6 is 22.9 Å². The topological polar surface area (TPSA) is 101 Å². The van der Waals surface area contributed by atoms with E-state index < -0.39 is 16.0 Å². The first kappa shape index (κ1) is 22.3. The van der Waals surface area contributed by atoms with Gasteiger partial charge in [0, 0.05) is 5.56 Å². The molecule has 0 saturated heterocycles. The molecule has 0 fully saturated rings. The Morgan fingerprint density at radius 1 is 1.12 bits per heavy atom. The fourth-order valence-electron chi connectivity index (χ4n) is 3.26. The van der Waals surface area contributed by atoms with E-state index in [9.17, 15) is 18.3 Å². The molecule has 7 nitrogen and oxygen atoms in total. The van der Waals surface area contributed by atoms with Crippen molar-refractivity contribution in [3.8, 4) is 11.3 Å². The molecule has 4 aromatic rings. The van der Waals surface area contributed by atoms with E-state index in [0.717, 1.165) is 16.9 Å². The molecule has 0 radical (unpaired) electrons. The van der Waals surface area contributed by atoms with Crippen LogP contribution in [0.4, 0.5) is 5.82 Å². The number of carbonyl (C=O) groups is 1. The number of nitrogens with zero attached hydrogens (tertiary/aromatic N) is 2. The van der Waals surface area contributed by atoms with Gasteiger partial charge in [-0.2, -0.15) is 5.10 Å². The number of carboxylic acids is 1. The van der Waals surface area contributed by atoms with E-state index in [1.807, 2.05) is 0 Å². The Morgan fingerprint density at radius 2 is 1.81 bits per heavy atom. The summed E-state index contributed by atoms with van der Waals surface area (Å²) in [6, 6.07) is 13.1. The molecule has 166 valence electrons. The summed E-state index contributed by atoms with van der Waals surface area (Å²) in [5.41, 5.74) is 2.19. The summed E-state index contributed by atoms with van der Waals surface area (Å²) >= 11 is 7.39. The second-order valence-corrected chi connectivity index (χ2v) is 11.2. The smallest absolute Gasteiger partial charge is 0.346 e. The number of aromatic carboxylic acids is 1. The first-order valence-corrected chi connectivity index (χ1v) is 12.3. The third kappa shape index (κ3) is 4.11. The molecular formula is C22H20ClN3O4S2. The molecule has 0 amide bonds. The van der Waals surface area contributed by atoms with Gasteiger partial charge in [-0.25, -0.2) is 17.7 Å². The minimum Gasteiger partial charge on any atom is -0.477 e. The molecule has 4 rings (SSSR count). The highest BCUT2D eigenvalue weighted by Crippen LogP contribution is 2.32. The van der Waals surface area contributed by atoms with Crippen molar-refractivity contribution in [2.24, 2.45) is 0 Å². The van der Waals surface area contributed by atoms with E-state index in [4.69, 9.17) is 11.6 Å². The number of halogens is 1. The van der Waals surface area contributed by atoms with Gasteiger partial charge in [0.2, 0.25) is 0 Å². The molecule has 0 unspecified atom stereocenters. The highest BCUT2D eigenvalue weighted by atomic mass is 35.5. The predicted molar refractivity (Wildman–Crippen MR) is 126 cm³/mol. The van der Waals surface area contributed by atoms with Crippen LogP contribution in [-0.4, -0.2) is 29.1 Å². The van der Waals surface area contributed by atoms with Crippen LogP contribution in [0.2, 0.25) is 5.02 Å². The van der Waals surface area contributed by atoms with Crippen LogP contribution in [-0.2, 0) is 15.4 Å². The molecule has 0 bridgehead atoms. The van der Waals surface area contributed by atoms with Crippen molar-refractivity contribution in [1.82, 2.24) is 9.61 Å². The summed E-state index contributed by atoms with van der Waals surface area (Å²) in [6.45, 7) is 6.16. The highest BCUT2D eigenvalue weighted by molar-refractivity contribution is 7.92. The molecule has 3 heterocycles. The number of sulfonamides is 1. The summed E-state index contributed by atoms with van der Waals surface area (Å²) in [5.74, 6) is -0.875. The third-order valence-electron chi connectivity index (χ3n) is 4.97. The first-order valence-electron chi connectivity index (χ1n) is 9.60. The zero-order valence-electron chi connectivity index (χ0n) is 17.5. The van der Waals surface area contributed by atoms with E-state index in [0.29, 0.717) is 21.8 Å². The number of thiophene rings is 1. The van der Waals surface area contributed by atoms with Crippen LogP contribution in [0.3, 0.4) is 0 Å². The van der Waals surface area contributed by atoms with Crippen molar-refractivity contribution in [3.05, 3.63) is 69.4 Å². The summed E-state index contributed by atoms with van der Waals surface area (Å²) < 4.78 is 29.9. The molecule has 1 aromatic carbocycles. The van der Waals surface area contributed by atoms with E-state index in [-0.39, 0.29) is 21.0 Å². The quantitative estimate of drug-likeness (QED) is 0.384. The average Bonchev–Trinajstić information content (AvgIpc) is 3.37. The van der Waals surface area contributed by atoms with Crippen LogP contribution in [0, 0.1) is 0 Å². The Hall–Kier alpha value is -2.88. The first-order chi connectivity index (χ1) is 15.0. The normalized spacial score (nSPS) is 12.2. The lowest BCUT2D eigenvalue weighted by Crippen LogP contribution is -2.16. The number of rotatable bonds is 5. The highest BCUT2D eigenvalue weighted by Gasteiger charge is 2.21. The van der Waals surface area contributed by atoms with Gasteiger partial charge >= 0.3 is 5.97 Å². The largest absolute Gasteiger partial charge is 0.477 e. The third-order valence-corrected chi connectivity index (χ3v) is 7.57. The van der Waals surface area contributed by atoms with Gasteiger partial charge in [-0.15, -0.1) is 11.3 Å². The number of pyridine rings is 1. The van der Waals surface area contributed by atoms with Crippen molar-refractivity contribution in [2.45, 2.75) is 31.1 Å². The lowest BCUT2D eigenvalue weighted by atomic mass is 9.87. The Kier molecular flexibility index (Phi) is 5.52. The fourth-order valence-corrected chi connectivity index (χ4v) is 5.24. The lowest BCUT2D eigenvalue weighted by Gasteiger charge is -2.19. The minimum absolute atomic E-state index is 0.0972. The lowest BCUT2D eigenvalue weighted by molar-refractivity contribution is 0.0703. The molecule has 0 aliphatic rings. The number of hydrogen-bond acceptors (Lipinski definition) is 5. The number of fused-ring (bicyclic) bond motifs is 1. The number of benzene rings is 1. The zero-order chi connectivity index (χ0) is 23.3. The van der Waals surface area contributed by atoms with Crippen molar-refractivity contribution in [2.75, 3.05) is 4.72 Å². The van der Waals surface area contributed by atoms with Gasteiger partial charge in [-0.3, -0.25) is 4.72 Å². The number of hydrogen-bond donors (Lipinski definition) is 2. The second-order valence-electron chi connectivity index (χ2n) is 8.24. The van der Waals surface area contributed by atoms with Crippen molar-refractivity contribution >= 4 is 50.3 Å². The number of aromatic nitrogens is 2. The molecule has 3 aromatic heterocycles. The Balaban J connectivity index is 1.75. The Bertz CT molecular complexity index is 1430. The predicted octanol–water partition coefficient (Wildman–Crippen LogP) is 5.51. The molecule has 0 saturated carbocycles. The van der Waals surface area contributed by atoms with E-state index >= 15 is 0 Å². The summed E-state index contributed by atoms with van der Waals surface area (Å²) in [5, 5.41) is 15.9. The molecule has 0 aliphatic heterocycles. The summed E-state index contributed by atoms with van der Waals surface area (Å²) in [7, 11) is -3.89. The van der Waals surface area contributed by atoms with Crippen LogP contribution in [0.1, 0.15) is 36.0 Å². The monoisotopic (exact) mass is 489 g/mol. The van der Waals surface area contributed by atoms with Gasteiger partial charge in [0.25, 0.3) is 10.0 Å². The number of nitrogens with one attached hydrogen (secondary N) is 1. The molecule has 0 spiro atoms. The maximum absolute atomic E-state index is 13.0.